The molecule has 0 radical (unpaired) electrons. The Bertz CT molecular complexity index is 858. The van der Waals surface area contributed by atoms with Crippen molar-refractivity contribution in [3.8, 4) is 0 Å². The monoisotopic (exact) mass is 417 g/mol. The molecule has 1 fully saturated rings. The summed E-state index contributed by atoms with van der Waals surface area (Å²) in [7, 11) is 0. The largest absolute Gasteiger partial charge is 0.479 e. The molecule has 0 bridgehead atoms. The fourth-order valence-corrected chi connectivity index (χ4v) is 4.56. The van der Waals surface area contributed by atoms with E-state index in [2.05, 4.69) is 0 Å². The Hall–Kier alpha value is -2.25. The number of hydrogen-bond donors (Lipinski definition) is 0. The fourth-order valence-electron chi connectivity index (χ4n) is 3.08. The first-order chi connectivity index (χ1) is 13.5. The molecular weight excluding hydrogens is 397 g/mol. The van der Waals surface area contributed by atoms with Crippen molar-refractivity contribution in [3.63, 3.8) is 0 Å². The Balaban J connectivity index is 1.71. The van der Waals surface area contributed by atoms with Gasteiger partial charge in [-0.05, 0) is 55.5 Å². The number of halogens is 1. The molecular formula is C21H20FNO3S2. The molecule has 1 amide bonds. The summed E-state index contributed by atoms with van der Waals surface area (Å²) in [6, 6.07) is 14.5. The van der Waals surface area contributed by atoms with Crippen LogP contribution in [0.3, 0.4) is 0 Å². The zero-order valence-corrected chi connectivity index (χ0v) is 17.0. The summed E-state index contributed by atoms with van der Waals surface area (Å²) in [4.78, 5) is 27.1. The summed E-state index contributed by atoms with van der Waals surface area (Å²) in [5.74, 6) is -0.600. The lowest BCUT2D eigenvalue weighted by molar-refractivity contribution is 0.0389. The molecule has 3 rings (SSSR count). The summed E-state index contributed by atoms with van der Waals surface area (Å²) < 4.78 is 18.8. The minimum Gasteiger partial charge on any atom is -0.479 e. The highest BCUT2D eigenvalue weighted by Crippen LogP contribution is 2.38. The first-order valence-electron chi connectivity index (χ1n) is 8.97. The summed E-state index contributed by atoms with van der Waals surface area (Å²) >= 11 is 6.53. The molecule has 7 heteroatoms. The standard InChI is InChI=1S/C21H20FNO3S2/c1-2-26-21(27)28-20-16(12-18(24)14-8-10-17(22)11-9-14)13-23(20)19(25)15-6-4-3-5-7-15/h3-11,16,20H,2,12-13H2,1H3/t16-,20+/m0/s1. The number of carbonyl (C=O) groups excluding carboxylic acids is 2. The number of amides is 1. The lowest BCUT2D eigenvalue weighted by atomic mass is 9.90. The minimum atomic E-state index is -0.379. The molecule has 2 aromatic rings. The Kier molecular flexibility index (Phi) is 6.80. The average molecular weight is 418 g/mol. The molecule has 0 unspecified atom stereocenters. The van der Waals surface area contributed by atoms with Crippen LogP contribution in [-0.4, -0.2) is 39.5 Å². The van der Waals surface area contributed by atoms with Gasteiger partial charge in [0.05, 0.1) is 12.0 Å². The predicted octanol–water partition coefficient (Wildman–Crippen LogP) is 4.55. The summed E-state index contributed by atoms with van der Waals surface area (Å²) in [6.07, 6.45) is 0.261. The molecule has 0 aromatic heterocycles. The van der Waals surface area contributed by atoms with Gasteiger partial charge in [0.1, 0.15) is 5.82 Å². The van der Waals surface area contributed by atoms with E-state index in [4.69, 9.17) is 17.0 Å². The Morgan fingerprint density at radius 2 is 1.82 bits per heavy atom. The van der Waals surface area contributed by atoms with Gasteiger partial charge in [0, 0.05) is 30.0 Å². The van der Waals surface area contributed by atoms with Crippen LogP contribution in [0.15, 0.2) is 54.6 Å². The van der Waals surface area contributed by atoms with Crippen molar-refractivity contribution in [2.75, 3.05) is 13.2 Å². The second-order valence-electron chi connectivity index (χ2n) is 6.41. The molecule has 0 spiro atoms. The van der Waals surface area contributed by atoms with E-state index in [9.17, 15) is 14.0 Å². The molecule has 2 atom stereocenters. The maximum absolute atomic E-state index is 13.1. The van der Waals surface area contributed by atoms with E-state index in [0.29, 0.717) is 28.7 Å². The van der Waals surface area contributed by atoms with E-state index >= 15 is 0 Å². The number of ether oxygens (including phenoxy) is 1. The number of ketones is 1. The van der Waals surface area contributed by atoms with Crippen LogP contribution in [-0.2, 0) is 4.74 Å². The van der Waals surface area contributed by atoms with Gasteiger partial charge in [0.15, 0.2) is 5.78 Å². The zero-order valence-electron chi connectivity index (χ0n) is 15.3. The van der Waals surface area contributed by atoms with Gasteiger partial charge in [-0.3, -0.25) is 9.59 Å². The van der Waals surface area contributed by atoms with E-state index in [1.807, 2.05) is 25.1 Å². The van der Waals surface area contributed by atoms with Gasteiger partial charge < -0.3 is 9.64 Å². The van der Waals surface area contributed by atoms with E-state index < -0.39 is 0 Å². The van der Waals surface area contributed by atoms with Gasteiger partial charge in [-0.2, -0.15) is 0 Å². The number of likely N-dealkylation sites (tertiary alicyclic amines) is 1. The van der Waals surface area contributed by atoms with Crippen LogP contribution in [0.4, 0.5) is 4.39 Å². The fraction of sp³-hybridized carbons (Fsp3) is 0.286. The van der Waals surface area contributed by atoms with Crippen LogP contribution in [0.25, 0.3) is 0 Å². The molecule has 28 heavy (non-hydrogen) atoms. The van der Waals surface area contributed by atoms with Crippen molar-refractivity contribution in [2.45, 2.75) is 18.7 Å². The van der Waals surface area contributed by atoms with Crippen molar-refractivity contribution in [2.24, 2.45) is 5.92 Å². The van der Waals surface area contributed by atoms with Crippen molar-refractivity contribution in [3.05, 3.63) is 71.5 Å². The Morgan fingerprint density at radius 3 is 2.46 bits per heavy atom. The number of hydrogen-bond acceptors (Lipinski definition) is 5. The molecule has 1 heterocycles. The molecule has 1 aliphatic heterocycles. The number of carbonyl (C=O) groups is 2. The predicted molar refractivity (Wildman–Crippen MR) is 112 cm³/mol. The summed E-state index contributed by atoms with van der Waals surface area (Å²) in [6.45, 7) is 2.76. The molecule has 146 valence electrons. The quantitative estimate of drug-likeness (QED) is 0.510. The van der Waals surface area contributed by atoms with E-state index in [1.54, 1.807) is 17.0 Å². The van der Waals surface area contributed by atoms with Crippen LogP contribution in [0.5, 0.6) is 0 Å². The van der Waals surface area contributed by atoms with Crippen LogP contribution in [0.2, 0.25) is 0 Å². The van der Waals surface area contributed by atoms with E-state index in [0.717, 1.165) is 0 Å². The van der Waals surface area contributed by atoms with Crippen LogP contribution < -0.4 is 0 Å². The number of thiocarbonyl (C=S) groups is 1. The number of thioether (sulfide) groups is 1. The van der Waals surface area contributed by atoms with E-state index in [-0.39, 0.29) is 35.2 Å². The van der Waals surface area contributed by atoms with Gasteiger partial charge in [0.2, 0.25) is 4.38 Å². The summed E-state index contributed by atoms with van der Waals surface area (Å²) in [5.41, 5.74) is 1.06. The lowest BCUT2D eigenvalue weighted by Gasteiger charge is -2.47. The van der Waals surface area contributed by atoms with Crippen molar-refractivity contribution in [1.82, 2.24) is 4.90 Å². The first-order valence-corrected chi connectivity index (χ1v) is 10.3. The van der Waals surface area contributed by atoms with Gasteiger partial charge in [-0.1, -0.05) is 30.0 Å². The summed E-state index contributed by atoms with van der Waals surface area (Å²) in [5, 5.41) is -0.267. The average Bonchev–Trinajstić information content (AvgIpc) is 2.70. The molecule has 4 nitrogen and oxygen atoms in total. The Labute approximate surface area is 173 Å². The third-order valence-corrected chi connectivity index (χ3v) is 6.11. The third-order valence-electron chi connectivity index (χ3n) is 4.52. The highest BCUT2D eigenvalue weighted by Gasteiger charge is 2.44. The normalized spacial score (nSPS) is 18.3. The minimum absolute atomic E-state index is 0.0476. The lowest BCUT2D eigenvalue weighted by Crippen LogP contribution is -2.57. The van der Waals surface area contributed by atoms with Crippen LogP contribution in [0, 0.1) is 11.7 Å². The number of nitrogens with zero attached hydrogens (tertiary/aromatic N) is 1. The molecule has 0 aliphatic carbocycles. The van der Waals surface area contributed by atoms with Crippen molar-refractivity contribution >= 4 is 40.1 Å². The highest BCUT2D eigenvalue weighted by molar-refractivity contribution is 8.23. The SMILES string of the molecule is CCOC(=S)S[C@@H]1[C@@H](CC(=O)c2ccc(F)cc2)CN1C(=O)c1ccccc1. The molecule has 0 saturated carbocycles. The highest BCUT2D eigenvalue weighted by atomic mass is 32.2. The third kappa shape index (κ3) is 4.77. The van der Waals surface area contributed by atoms with Gasteiger partial charge in [-0.15, -0.1) is 0 Å². The van der Waals surface area contributed by atoms with E-state index in [1.165, 1.54) is 36.0 Å². The van der Waals surface area contributed by atoms with Crippen LogP contribution in [0.1, 0.15) is 34.1 Å². The molecule has 2 aromatic carbocycles. The van der Waals surface area contributed by atoms with Gasteiger partial charge in [0.25, 0.3) is 5.91 Å². The van der Waals surface area contributed by atoms with Gasteiger partial charge >= 0.3 is 0 Å². The topological polar surface area (TPSA) is 46.6 Å². The second-order valence-corrected chi connectivity index (χ2v) is 8.13. The molecule has 0 N–H and O–H groups in total. The Morgan fingerprint density at radius 1 is 1.14 bits per heavy atom. The molecule has 1 aliphatic rings. The van der Waals surface area contributed by atoms with Crippen LogP contribution >= 0.6 is 24.0 Å². The maximum atomic E-state index is 13.1. The first kappa shape index (κ1) is 20.5. The smallest absolute Gasteiger partial charge is 0.254 e. The van der Waals surface area contributed by atoms with Crippen molar-refractivity contribution in [1.29, 1.82) is 0 Å². The number of Topliss-reactive ketones (excluding diaryl/α,β-unsaturated/α-hetero) is 1. The zero-order chi connectivity index (χ0) is 20.1. The number of benzene rings is 2. The van der Waals surface area contributed by atoms with Gasteiger partial charge in [-0.25, -0.2) is 4.39 Å². The maximum Gasteiger partial charge on any atom is 0.254 e. The number of rotatable bonds is 6. The second kappa shape index (κ2) is 9.30. The van der Waals surface area contributed by atoms with Crippen molar-refractivity contribution < 1.29 is 18.7 Å². The molecule has 1 saturated heterocycles.